The monoisotopic (exact) mass is 329 g/mol. The molecule has 0 aliphatic rings. The van der Waals surface area contributed by atoms with Crippen molar-refractivity contribution in [2.24, 2.45) is 0 Å². The number of thioether (sulfide) groups is 1. The van der Waals surface area contributed by atoms with Gasteiger partial charge in [0.25, 0.3) is 5.91 Å². The van der Waals surface area contributed by atoms with Crippen LogP contribution in [0.25, 0.3) is 0 Å². The minimum atomic E-state index is -0.490. The molecule has 3 nitrogen and oxygen atoms in total. The molecule has 0 aliphatic carbocycles. The van der Waals surface area contributed by atoms with Gasteiger partial charge >= 0.3 is 0 Å². The zero-order valence-corrected chi connectivity index (χ0v) is 14.4. The van der Waals surface area contributed by atoms with E-state index in [1.165, 1.54) is 5.56 Å². The summed E-state index contributed by atoms with van der Waals surface area (Å²) in [6.07, 6.45) is -0.490. The van der Waals surface area contributed by atoms with Gasteiger partial charge in [-0.15, -0.1) is 0 Å². The Kier molecular flexibility index (Phi) is 7.01. The van der Waals surface area contributed by atoms with E-state index in [2.05, 4.69) is 17.4 Å². The van der Waals surface area contributed by atoms with Gasteiger partial charge in [0.05, 0.1) is 0 Å². The van der Waals surface area contributed by atoms with Crippen molar-refractivity contribution in [1.29, 1.82) is 0 Å². The van der Waals surface area contributed by atoms with Crippen LogP contribution >= 0.6 is 11.8 Å². The van der Waals surface area contributed by atoms with E-state index in [1.54, 1.807) is 6.92 Å². The maximum absolute atomic E-state index is 12.0. The van der Waals surface area contributed by atoms with E-state index >= 15 is 0 Å². The maximum Gasteiger partial charge on any atom is 0.260 e. The molecule has 0 fully saturated rings. The zero-order chi connectivity index (χ0) is 16.5. The number of hydrogen-bond donors (Lipinski definition) is 1. The third kappa shape index (κ3) is 6.37. The summed E-state index contributed by atoms with van der Waals surface area (Å²) < 4.78 is 5.66. The molecule has 0 aromatic heterocycles. The Hall–Kier alpha value is -1.94. The highest BCUT2D eigenvalue weighted by molar-refractivity contribution is 7.98. The van der Waals surface area contributed by atoms with Gasteiger partial charge in [-0.25, -0.2) is 0 Å². The number of amides is 1. The predicted octanol–water partition coefficient (Wildman–Crippen LogP) is 3.81. The minimum Gasteiger partial charge on any atom is -0.481 e. The van der Waals surface area contributed by atoms with Crippen LogP contribution in [0.1, 0.15) is 18.1 Å². The number of aryl methyl sites for hydroxylation is 1. The standard InChI is InChI=1S/C19H23NO2S/c1-15-7-6-10-18(13-15)22-16(2)19(21)20-11-12-23-14-17-8-4-3-5-9-17/h3-10,13,16H,11-12,14H2,1-2H3,(H,20,21)/t16-/m1/s1. The first-order valence-electron chi connectivity index (χ1n) is 7.78. The van der Waals surface area contributed by atoms with Crippen LogP contribution in [-0.4, -0.2) is 24.3 Å². The van der Waals surface area contributed by atoms with Crippen molar-refractivity contribution < 1.29 is 9.53 Å². The van der Waals surface area contributed by atoms with Crippen LogP contribution in [0.4, 0.5) is 0 Å². The van der Waals surface area contributed by atoms with Crippen LogP contribution in [0.5, 0.6) is 5.75 Å². The van der Waals surface area contributed by atoms with Crippen LogP contribution in [0.15, 0.2) is 54.6 Å². The number of benzene rings is 2. The van der Waals surface area contributed by atoms with Gasteiger partial charge in [-0.1, -0.05) is 42.5 Å². The molecule has 0 bridgehead atoms. The smallest absolute Gasteiger partial charge is 0.260 e. The third-order valence-electron chi connectivity index (χ3n) is 3.33. The molecule has 0 radical (unpaired) electrons. The molecule has 1 atom stereocenters. The molecular formula is C19H23NO2S. The lowest BCUT2D eigenvalue weighted by atomic mass is 10.2. The summed E-state index contributed by atoms with van der Waals surface area (Å²) >= 11 is 1.81. The van der Waals surface area contributed by atoms with Crippen LogP contribution in [0, 0.1) is 6.92 Å². The van der Waals surface area contributed by atoms with Crippen molar-refractivity contribution in [3.8, 4) is 5.75 Å². The quantitative estimate of drug-likeness (QED) is 0.748. The fourth-order valence-corrected chi connectivity index (χ4v) is 2.92. The Labute approximate surface area is 142 Å². The fraction of sp³-hybridized carbons (Fsp3) is 0.316. The summed E-state index contributed by atoms with van der Waals surface area (Å²) in [5.74, 6) is 2.50. The Morgan fingerprint density at radius 1 is 1.17 bits per heavy atom. The average Bonchev–Trinajstić information content (AvgIpc) is 2.55. The number of carbonyl (C=O) groups excluding carboxylic acids is 1. The van der Waals surface area contributed by atoms with Gasteiger partial charge in [-0.05, 0) is 37.1 Å². The van der Waals surface area contributed by atoms with Gasteiger partial charge in [-0.3, -0.25) is 4.79 Å². The Morgan fingerprint density at radius 2 is 1.96 bits per heavy atom. The molecule has 23 heavy (non-hydrogen) atoms. The van der Waals surface area contributed by atoms with E-state index in [-0.39, 0.29) is 5.91 Å². The van der Waals surface area contributed by atoms with Gasteiger partial charge in [0.1, 0.15) is 5.75 Å². The summed E-state index contributed by atoms with van der Waals surface area (Å²) in [5, 5.41) is 2.92. The molecule has 4 heteroatoms. The Morgan fingerprint density at radius 3 is 2.70 bits per heavy atom. The summed E-state index contributed by atoms with van der Waals surface area (Å²) in [6.45, 7) is 4.42. The molecule has 0 unspecified atom stereocenters. The Bertz CT molecular complexity index is 616. The number of rotatable bonds is 8. The molecule has 0 spiro atoms. The van der Waals surface area contributed by atoms with Crippen molar-refractivity contribution in [2.75, 3.05) is 12.3 Å². The van der Waals surface area contributed by atoms with Crippen molar-refractivity contribution >= 4 is 17.7 Å². The van der Waals surface area contributed by atoms with E-state index < -0.39 is 6.10 Å². The second kappa shape index (κ2) is 9.26. The lowest BCUT2D eigenvalue weighted by molar-refractivity contribution is -0.127. The van der Waals surface area contributed by atoms with Gasteiger partial charge in [-0.2, -0.15) is 11.8 Å². The highest BCUT2D eigenvalue weighted by atomic mass is 32.2. The van der Waals surface area contributed by atoms with Crippen molar-refractivity contribution in [3.63, 3.8) is 0 Å². The average molecular weight is 329 g/mol. The number of hydrogen-bond acceptors (Lipinski definition) is 3. The zero-order valence-electron chi connectivity index (χ0n) is 13.6. The Balaban J connectivity index is 1.64. The predicted molar refractivity (Wildman–Crippen MR) is 96.9 cm³/mol. The summed E-state index contributed by atoms with van der Waals surface area (Å²) in [7, 11) is 0. The second-order valence-corrected chi connectivity index (χ2v) is 6.51. The number of ether oxygens (including phenoxy) is 1. The van der Waals surface area contributed by atoms with Crippen molar-refractivity contribution in [3.05, 3.63) is 65.7 Å². The van der Waals surface area contributed by atoms with Gasteiger partial charge in [0.15, 0.2) is 6.10 Å². The normalized spacial score (nSPS) is 11.7. The molecule has 2 rings (SSSR count). The number of carbonyl (C=O) groups is 1. The second-order valence-electron chi connectivity index (χ2n) is 5.41. The minimum absolute atomic E-state index is 0.0770. The van der Waals surface area contributed by atoms with E-state index in [0.717, 1.165) is 22.8 Å². The molecule has 0 heterocycles. The number of nitrogens with one attached hydrogen (secondary N) is 1. The van der Waals surface area contributed by atoms with Crippen LogP contribution in [0.2, 0.25) is 0 Å². The first kappa shape index (κ1) is 17.4. The highest BCUT2D eigenvalue weighted by Gasteiger charge is 2.13. The van der Waals surface area contributed by atoms with E-state index in [1.807, 2.05) is 61.2 Å². The third-order valence-corrected chi connectivity index (χ3v) is 4.36. The molecule has 1 N–H and O–H groups in total. The topological polar surface area (TPSA) is 38.3 Å². The van der Waals surface area contributed by atoms with Crippen LogP contribution in [0.3, 0.4) is 0 Å². The molecule has 0 saturated heterocycles. The largest absolute Gasteiger partial charge is 0.481 e. The molecular weight excluding hydrogens is 306 g/mol. The molecule has 122 valence electrons. The van der Waals surface area contributed by atoms with Gasteiger partial charge in [0.2, 0.25) is 0 Å². The molecule has 1 amide bonds. The lowest BCUT2D eigenvalue weighted by Crippen LogP contribution is -2.37. The highest BCUT2D eigenvalue weighted by Crippen LogP contribution is 2.14. The first-order chi connectivity index (χ1) is 11.1. The van der Waals surface area contributed by atoms with E-state index in [0.29, 0.717) is 6.54 Å². The maximum atomic E-state index is 12.0. The van der Waals surface area contributed by atoms with E-state index in [9.17, 15) is 4.79 Å². The summed E-state index contributed by atoms with van der Waals surface area (Å²) in [6, 6.07) is 18.1. The van der Waals surface area contributed by atoms with Crippen molar-refractivity contribution in [2.45, 2.75) is 25.7 Å². The van der Waals surface area contributed by atoms with Crippen LogP contribution < -0.4 is 10.1 Å². The molecule has 0 saturated carbocycles. The molecule has 2 aromatic carbocycles. The van der Waals surface area contributed by atoms with Crippen molar-refractivity contribution in [1.82, 2.24) is 5.32 Å². The lowest BCUT2D eigenvalue weighted by Gasteiger charge is -2.15. The van der Waals surface area contributed by atoms with Gasteiger partial charge < -0.3 is 10.1 Å². The fourth-order valence-electron chi connectivity index (χ4n) is 2.10. The molecule has 2 aromatic rings. The van der Waals surface area contributed by atoms with Gasteiger partial charge in [0, 0.05) is 18.1 Å². The first-order valence-corrected chi connectivity index (χ1v) is 8.93. The summed E-state index contributed by atoms with van der Waals surface area (Å²) in [4.78, 5) is 12.0. The van der Waals surface area contributed by atoms with Crippen LogP contribution in [-0.2, 0) is 10.5 Å². The summed E-state index contributed by atoms with van der Waals surface area (Å²) in [5.41, 5.74) is 2.42. The van der Waals surface area contributed by atoms with E-state index in [4.69, 9.17) is 4.74 Å². The SMILES string of the molecule is Cc1cccc(O[C@H](C)C(=O)NCCSCc2ccccc2)c1. The molecule has 0 aliphatic heterocycles.